The number of alkyl halides is 1. The third-order valence-corrected chi connectivity index (χ3v) is 4.71. The van der Waals surface area contributed by atoms with Crippen LogP contribution in [0.4, 0.5) is 0 Å². The highest BCUT2D eigenvalue weighted by atomic mass is 127. The summed E-state index contributed by atoms with van der Waals surface area (Å²) in [6.45, 7) is 0.491. The van der Waals surface area contributed by atoms with Gasteiger partial charge in [0.05, 0.1) is 12.0 Å². The van der Waals surface area contributed by atoms with Gasteiger partial charge in [0.15, 0.2) is 0 Å². The number of benzene rings is 1. The van der Waals surface area contributed by atoms with Gasteiger partial charge in [0.2, 0.25) is 10.0 Å². The van der Waals surface area contributed by atoms with E-state index in [1.165, 1.54) is 0 Å². The average Bonchev–Trinajstić information content (AvgIpc) is 2.38. The van der Waals surface area contributed by atoms with Crippen LogP contribution in [0.5, 0.6) is 5.75 Å². The molecule has 102 valence electrons. The molecule has 0 radical (unpaired) electrons. The second-order valence-electron chi connectivity index (χ2n) is 3.82. The lowest BCUT2D eigenvalue weighted by Gasteiger charge is -2.07. The van der Waals surface area contributed by atoms with Crippen molar-refractivity contribution in [2.75, 3.05) is 18.1 Å². The third-order valence-electron chi connectivity index (χ3n) is 2.47. The number of unbranched alkanes of at least 4 members (excludes halogenated alkanes) is 2. The van der Waals surface area contributed by atoms with Crippen molar-refractivity contribution in [3.05, 3.63) is 24.3 Å². The first-order chi connectivity index (χ1) is 8.60. The smallest absolute Gasteiger partial charge is 0.240 e. The van der Waals surface area contributed by atoms with Gasteiger partial charge in [-0.05, 0) is 41.5 Å². The van der Waals surface area contributed by atoms with Gasteiger partial charge in [-0.25, -0.2) is 13.1 Å². The van der Waals surface area contributed by atoms with Gasteiger partial charge in [-0.15, -0.1) is 0 Å². The van der Waals surface area contributed by atoms with Crippen molar-refractivity contribution >= 4 is 32.6 Å². The first kappa shape index (κ1) is 15.7. The first-order valence-electron chi connectivity index (χ1n) is 5.80. The number of sulfonamides is 1. The van der Waals surface area contributed by atoms with Crippen LogP contribution in [-0.4, -0.2) is 26.5 Å². The van der Waals surface area contributed by atoms with Gasteiger partial charge >= 0.3 is 0 Å². The van der Waals surface area contributed by atoms with Crippen molar-refractivity contribution in [3.63, 3.8) is 0 Å². The van der Waals surface area contributed by atoms with E-state index in [-0.39, 0.29) is 4.90 Å². The molecule has 0 unspecified atom stereocenters. The molecule has 0 aromatic heterocycles. The number of ether oxygens (including phenoxy) is 1. The Hall–Kier alpha value is -0.340. The van der Waals surface area contributed by atoms with E-state index in [1.807, 2.05) is 0 Å². The Bertz CT molecular complexity index is 445. The standard InChI is InChI=1S/C12H18INO3S/c1-17-11-5-7-12(8-6-11)18(15,16)14-10-4-2-3-9-13/h5-8,14H,2-4,9-10H2,1H3. The molecule has 6 heteroatoms. The maximum absolute atomic E-state index is 11.9. The van der Waals surface area contributed by atoms with Crippen molar-refractivity contribution in [1.29, 1.82) is 0 Å². The molecule has 0 saturated heterocycles. The molecule has 1 aromatic carbocycles. The van der Waals surface area contributed by atoms with Crippen molar-refractivity contribution in [3.8, 4) is 5.75 Å². The molecule has 1 N–H and O–H groups in total. The molecule has 0 aliphatic heterocycles. The molecule has 1 rings (SSSR count). The minimum absolute atomic E-state index is 0.275. The Kier molecular flexibility index (Phi) is 6.95. The van der Waals surface area contributed by atoms with Crippen molar-refractivity contribution < 1.29 is 13.2 Å². The van der Waals surface area contributed by atoms with E-state index in [9.17, 15) is 8.42 Å². The second-order valence-corrected chi connectivity index (χ2v) is 6.67. The van der Waals surface area contributed by atoms with Gasteiger partial charge in [-0.2, -0.15) is 0 Å². The number of rotatable bonds is 8. The second kappa shape index (κ2) is 7.96. The molecule has 0 spiro atoms. The van der Waals surface area contributed by atoms with Crippen LogP contribution < -0.4 is 9.46 Å². The quantitative estimate of drug-likeness (QED) is 0.427. The topological polar surface area (TPSA) is 55.4 Å². The Morgan fingerprint density at radius 3 is 2.39 bits per heavy atom. The molecular formula is C12H18INO3S. The monoisotopic (exact) mass is 383 g/mol. The van der Waals surface area contributed by atoms with E-state index in [0.29, 0.717) is 12.3 Å². The summed E-state index contributed by atoms with van der Waals surface area (Å²) in [4.78, 5) is 0.275. The zero-order valence-electron chi connectivity index (χ0n) is 10.4. The Morgan fingerprint density at radius 1 is 1.17 bits per heavy atom. The fourth-order valence-electron chi connectivity index (χ4n) is 1.44. The predicted octanol–water partition coefficient (Wildman–Crippen LogP) is 2.58. The number of hydrogen-bond donors (Lipinski definition) is 1. The van der Waals surface area contributed by atoms with Crippen molar-refractivity contribution in [1.82, 2.24) is 4.72 Å². The molecule has 4 nitrogen and oxygen atoms in total. The molecule has 0 amide bonds. The van der Waals surface area contributed by atoms with Gasteiger partial charge in [-0.1, -0.05) is 29.0 Å². The summed E-state index contributed by atoms with van der Waals surface area (Å²) in [5.41, 5.74) is 0. The van der Waals surface area contributed by atoms with Crippen LogP contribution in [0.3, 0.4) is 0 Å². The van der Waals surface area contributed by atoms with Crippen LogP contribution in [0, 0.1) is 0 Å². The predicted molar refractivity (Wildman–Crippen MR) is 80.9 cm³/mol. The van der Waals surface area contributed by atoms with Crippen LogP contribution in [0.1, 0.15) is 19.3 Å². The molecular weight excluding hydrogens is 365 g/mol. The SMILES string of the molecule is COc1ccc(S(=O)(=O)NCCCCCI)cc1. The molecule has 0 heterocycles. The van der Waals surface area contributed by atoms with Crippen LogP contribution in [0.2, 0.25) is 0 Å². The number of nitrogens with one attached hydrogen (secondary N) is 1. The number of methoxy groups -OCH3 is 1. The fourth-order valence-corrected chi connectivity index (χ4v) is 3.05. The summed E-state index contributed by atoms with van der Waals surface area (Å²) < 4.78 is 32.5. The maximum Gasteiger partial charge on any atom is 0.240 e. The highest BCUT2D eigenvalue weighted by Crippen LogP contribution is 2.15. The lowest BCUT2D eigenvalue weighted by molar-refractivity contribution is 0.414. The summed E-state index contributed by atoms with van der Waals surface area (Å²) in [6.07, 6.45) is 3.05. The van der Waals surface area contributed by atoms with Crippen LogP contribution in [0.15, 0.2) is 29.2 Å². The number of hydrogen-bond acceptors (Lipinski definition) is 3. The molecule has 0 saturated carbocycles. The summed E-state index contributed by atoms with van der Waals surface area (Å²) >= 11 is 2.32. The minimum Gasteiger partial charge on any atom is -0.497 e. The van der Waals surface area contributed by atoms with Crippen molar-refractivity contribution in [2.24, 2.45) is 0 Å². The Morgan fingerprint density at radius 2 is 1.83 bits per heavy atom. The van der Waals surface area contributed by atoms with E-state index >= 15 is 0 Å². The Labute approximate surface area is 122 Å². The lowest BCUT2D eigenvalue weighted by Crippen LogP contribution is -2.24. The van der Waals surface area contributed by atoms with E-state index in [4.69, 9.17) is 4.74 Å². The van der Waals surface area contributed by atoms with Crippen LogP contribution >= 0.6 is 22.6 Å². The molecule has 0 aliphatic carbocycles. The van der Waals surface area contributed by atoms with Crippen LogP contribution in [0.25, 0.3) is 0 Å². The summed E-state index contributed by atoms with van der Waals surface area (Å²) in [6, 6.07) is 6.38. The molecule has 0 atom stereocenters. The molecule has 0 aliphatic rings. The highest BCUT2D eigenvalue weighted by Gasteiger charge is 2.12. The zero-order chi connectivity index (χ0) is 13.4. The van der Waals surface area contributed by atoms with Crippen molar-refractivity contribution in [2.45, 2.75) is 24.2 Å². The fraction of sp³-hybridized carbons (Fsp3) is 0.500. The summed E-state index contributed by atoms with van der Waals surface area (Å²) in [5, 5.41) is 0. The maximum atomic E-state index is 11.9. The zero-order valence-corrected chi connectivity index (χ0v) is 13.3. The molecule has 18 heavy (non-hydrogen) atoms. The van der Waals surface area contributed by atoms with E-state index < -0.39 is 10.0 Å². The molecule has 0 bridgehead atoms. The third kappa shape index (κ3) is 5.11. The number of halogens is 1. The van der Waals surface area contributed by atoms with Gasteiger partial charge in [0, 0.05) is 6.54 Å². The van der Waals surface area contributed by atoms with E-state index in [0.717, 1.165) is 23.7 Å². The summed E-state index contributed by atoms with van der Waals surface area (Å²) in [5.74, 6) is 0.649. The van der Waals surface area contributed by atoms with Gasteiger partial charge in [-0.3, -0.25) is 0 Å². The largest absolute Gasteiger partial charge is 0.497 e. The van der Waals surface area contributed by atoms with Crippen LogP contribution in [-0.2, 0) is 10.0 Å². The van der Waals surface area contributed by atoms with E-state index in [1.54, 1.807) is 31.4 Å². The van der Waals surface area contributed by atoms with Gasteiger partial charge < -0.3 is 4.74 Å². The van der Waals surface area contributed by atoms with E-state index in [2.05, 4.69) is 27.3 Å². The molecule has 1 aromatic rings. The normalized spacial score (nSPS) is 11.4. The van der Waals surface area contributed by atoms with Gasteiger partial charge in [0.1, 0.15) is 5.75 Å². The lowest BCUT2D eigenvalue weighted by atomic mass is 10.3. The first-order valence-corrected chi connectivity index (χ1v) is 8.80. The highest BCUT2D eigenvalue weighted by molar-refractivity contribution is 14.1. The average molecular weight is 383 g/mol. The molecule has 0 fully saturated rings. The van der Waals surface area contributed by atoms with Gasteiger partial charge in [0.25, 0.3) is 0 Å². The summed E-state index contributed by atoms with van der Waals surface area (Å²) in [7, 11) is -1.83. The minimum atomic E-state index is -3.38. The Balaban J connectivity index is 2.51.